The summed E-state index contributed by atoms with van der Waals surface area (Å²) in [5.41, 5.74) is 11.2. The lowest BCUT2D eigenvalue weighted by atomic mass is 10.1. The van der Waals surface area contributed by atoms with E-state index in [1.54, 1.807) is 18.5 Å². The maximum Gasteiger partial charge on any atom is 0.187 e. The molecule has 0 aliphatic heterocycles. The maximum atomic E-state index is 6.08. The molecule has 5 aromatic rings. The highest BCUT2D eigenvalue weighted by Crippen LogP contribution is 2.25. The summed E-state index contributed by atoms with van der Waals surface area (Å²) in [6.45, 7) is 2.50. The summed E-state index contributed by atoms with van der Waals surface area (Å²) in [6.07, 6.45) is 4.03. The second-order valence-electron chi connectivity index (χ2n) is 7.39. The van der Waals surface area contributed by atoms with Gasteiger partial charge in [-0.3, -0.25) is 9.97 Å². The summed E-state index contributed by atoms with van der Waals surface area (Å²) in [6, 6.07) is 13.8. The molecule has 0 saturated heterocycles. The van der Waals surface area contributed by atoms with E-state index in [2.05, 4.69) is 37.6 Å². The van der Waals surface area contributed by atoms with Crippen LogP contribution in [-0.2, 0) is 13.0 Å². The van der Waals surface area contributed by atoms with E-state index in [0.29, 0.717) is 35.2 Å². The minimum absolute atomic E-state index is 0.510. The molecule has 0 amide bonds. The van der Waals surface area contributed by atoms with Gasteiger partial charge in [0, 0.05) is 35.9 Å². The Morgan fingerprint density at radius 3 is 2.84 bits per heavy atom. The Hall–Kier alpha value is -3.71. The van der Waals surface area contributed by atoms with E-state index in [9.17, 15) is 0 Å². The average Bonchev–Trinajstić information content (AvgIpc) is 3.15. The Kier molecular flexibility index (Phi) is 4.88. The van der Waals surface area contributed by atoms with E-state index in [4.69, 9.17) is 21.9 Å². The third-order valence-electron chi connectivity index (χ3n) is 5.18. The number of anilines is 2. The molecular weight excluding hydrogens is 412 g/mol. The van der Waals surface area contributed by atoms with Gasteiger partial charge in [-0.05, 0) is 48.4 Å². The Bertz CT molecular complexity index is 1410. The van der Waals surface area contributed by atoms with Gasteiger partial charge in [0.05, 0.1) is 22.1 Å². The minimum Gasteiger partial charge on any atom is -0.384 e. The first-order valence-electron chi connectivity index (χ1n) is 9.79. The van der Waals surface area contributed by atoms with E-state index in [1.165, 1.54) is 0 Å². The molecule has 154 valence electrons. The van der Waals surface area contributed by atoms with Crippen LogP contribution in [0, 0.1) is 6.92 Å². The molecule has 0 fully saturated rings. The third-order valence-corrected chi connectivity index (χ3v) is 5.38. The van der Waals surface area contributed by atoms with E-state index < -0.39 is 0 Å². The molecule has 0 radical (unpaired) electrons. The predicted octanol–water partition coefficient (Wildman–Crippen LogP) is 4.91. The van der Waals surface area contributed by atoms with Crippen LogP contribution in [0.5, 0.6) is 0 Å². The molecule has 7 nitrogen and oxygen atoms in total. The second-order valence-corrected chi connectivity index (χ2v) is 7.83. The lowest BCUT2D eigenvalue weighted by Crippen LogP contribution is -2.04. The molecule has 1 aromatic carbocycles. The second kappa shape index (κ2) is 7.85. The zero-order valence-corrected chi connectivity index (χ0v) is 17.5. The number of aromatic nitrogens is 4. The fourth-order valence-corrected chi connectivity index (χ4v) is 3.73. The SMILES string of the molecule is Cc1nc(N)ccc1CNc1noc2cnc(Cc3ccc4ncc(Cl)cc4c3)cc12. The topological polar surface area (TPSA) is 103 Å². The fraction of sp³-hybridized carbons (Fsp3) is 0.130. The molecule has 31 heavy (non-hydrogen) atoms. The number of nitrogens with one attached hydrogen (secondary N) is 1. The van der Waals surface area contributed by atoms with Crippen molar-refractivity contribution in [1.82, 2.24) is 20.1 Å². The highest BCUT2D eigenvalue weighted by Gasteiger charge is 2.11. The molecule has 0 saturated carbocycles. The van der Waals surface area contributed by atoms with E-state index in [0.717, 1.165) is 38.8 Å². The lowest BCUT2D eigenvalue weighted by molar-refractivity contribution is 0.458. The molecule has 8 heteroatoms. The van der Waals surface area contributed by atoms with Crippen molar-refractivity contribution >= 4 is 45.1 Å². The number of hydrogen-bond donors (Lipinski definition) is 2. The molecule has 5 rings (SSSR count). The summed E-state index contributed by atoms with van der Waals surface area (Å²) in [5.74, 6) is 1.18. The molecule has 3 N–H and O–H groups in total. The smallest absolute Gasteiger partial charge is 0.187 e. The van der Waals surface area contributed by atoms with E-state index in [1.807, 2.05) is 31.2 Å². The maximum absolute atomic E-state index is 6.08. The van der Waals surface area contributed by atoms with Gasteiger partial charge in [0.1, 0.15) is 5.82 Å². The van der Waals surface area contributed by atoms with Crippen LogP contribution in [0.15, 0.2) is 59.4 Å². The first kappa shape index (κ1) is 19.3. The van der Waals surface area contributed by atoms with Crippen molar-refractivity contribution < 1.29 is 4.52 Å². The van der Waals surface area contributed by atoms with Crippen molar-refractivity contribution in [3.8, 4) is 0 Å². The molecule has 0 atom stereocenters. The zero-order chi connectivity index (χ0) is 21.4. The van der Waals surface area contributed by atoms with Crippen LogP contribution in [-0.4, -0.2) is 20.1 Å². The quantitative estimate of drug-likeness (QED) is 0.408. The number of aryl methyl sites for hydroxylation is 1. The number of pyridine rings is 3. The summed E-state index contributed by atoms with van der Waals surface area (Å²) >= 11 is 6.08. The third kappa shape index (κ3) is 4.00. The Balaban J connectivity index is 1.39. The van der Waals surface area contributed by atoms with Crippen molar-refractivity contribution in [2.24, 2.45) is 0 Å². The summed E-state index contributed by atoms with van der Waals surface area (Å²) < 4.78 is 5.43. The predicted molar refractivity (Wildman–Crippen MR) is 122 cm³/mol. The van der Waals surface area contributed by atoms with Gasteiger partial charge in [-0.1, -0.05) is 28.9 Å². The van der Waals surface area contributed by atoms with Gasteiger partial charge >= 0.3 is 0 Å². The number of halogens is 1. The van der Waals surface area contributed by atoms with Gasteiger partial charge in [-0.15, -0.1) is 0 Å². The number of rotatable bonds is 5. The Morgan fingerprint density at radius 1 is 1.06 bits per heavy atom. The molecule has 0 bridgehead atoms. The Labute approximate surface area is 183 Å². The molecule has 0 aliphatic rings. The number of nitrogens with two attached hydrogens (primary N) is 1. The van der Waals surface area contributed by atoms with Crippen molar-refractivity contribution in [2.45, 2.75) is 19.9 Å². The van der Waals surface area contributed by atoms with Crippen LogP contribution in [0.4, 0.5) is 11.6 Å². The number of hydrogen-bond acceptors (Lipinski definition) is 7. The van der Waals surface area contributed by atoms with Gasteiger partial charge in [-0.25, -0.2) is 4.98 Å². The van der Waals surface area contributed by atoms with Gasteiger partial charge in [0.15, 0.2) is 11.4 Å². The van der Waals surface area contributed by atoms with E-state index in [-0.39, 0.29) is 0 Å². The van der Waals surface area contributed by atoms with Crippen LogP contribution < -0.4 is 11.1 Å². The molecule has 0 spiro atoms. The zero-order valence-electron chi connectivity index (χ0n) is 16.8. The monoisotopic (exact) mass is 430 g/mol. The fourth-order valence-electron chi connectivity index (χ4n) is 3.56. The summed E-state index contributed by atoms with van der Waals surface area (Å²) in [7, 11) is 0. The number of fused-ring (bicyclic) bond motifs is 2. The van der Waals surface area contributed by atoms with Crippen LogP contribution in [0.1, 0.15) is 22.5 Å². The standard InChI is InChI=1S/C23H19ClN6O/c1-13-15(3-5-22(25)29-13)10-28-23-19-9-18(26-12-21(19)31-30-23)7-14-2-4-20-16(6-14)8-17(24)11-27-20/h2-6,8-9,11-12H,7,10H2,1H3,(H2,25,29)(H,28,30). The molecule has 0 aliphatic carbocycles. The highest BCUT2D eigenvalue weighted by molar-refractivity contribution is 6.31. The van der Waals surface area contributed by atoms with Crippen LogP contribution in [0.3, 0.4) is 0 Å². The van der Waals surface area contributed by atoms with Gasteiger partial charge < -0.3 is 15.6 Å². The first-order valence-corrected chi connectivity index (χ1v) is 10.2. The Morgan fingerprint density at radius 2 is 1.97 bits per heavy atom. The van der Waals surface area contributed by atoms with Crippen LogP contribution in [0.25, 0.3) is 21.9 Å². The number of nitrogen functional groups attached to an aromatic ring is 1. The first-order chi connectivity index (χ1) is 15.0. The lowest BCUT2D eigenvalue weighted by Gasteiger charge is -2.07. The van der Waals surface area contributed by atoms with Crippen molar-refractivity contribution in [3.05, 3.63) is 82.4 Å². The van der Waals surface area contributed by atoms with E-state index >= 15 is 0 Å². The molecule has 0 unspecified atom stereocenters. The van der Waals surface area contributed by atoms with Crippen molar-refractivity contribution in [1.29, 1.82) is 0 Å². The summed E-state index contributed by atoms with van der Waals surface area (Å²) in [4.78, 5) is 13.2. The normalized spacial score (nSPS) is 11.3. The molecule has 4 heterocycles. The summed E-state index contributed by atoms with van der Waals surface area (Å²) in [5, 5.41) is 10.0. The van der Waals surface area contributed by atoms with Crippen molar-refractivity contribution in [3.63, 3.8) is 0 Å². The average molecular weight is 431 g/mol. The minimum atomic E-state index is 0.510. The van der Waals surface area contributed by atoms with Crippen LogP contribution >= 0.6 is 11.6 Å². The van der Waals surface area contributed by atoms with Crippen LogP contribution in [0.2, 0.25) is 5.02 Å². The van der Waals surface area contributed by atoms with Gasteiger partial charge in [-0.2, -0.15) is 0 Å². The number of nitrogens with zero attached hydrogens (tertiary/aromatic N) is 4. The van der Waals surface area contributed by atoms with Gasteiger partial charge in [0.2, 0.25) is 0 Å². The molecular formula is C23H19ClN6O. The number of benzene rings is 1. The highest BCUT2D eigenvalue weighted by atomic mass is 35.5. The van der Waals surface area contributed by atoms with Gasteiger partial charge in [0.25, 0.3) is 0 Å². The van der Waals surface area contributed by atoms with Crippen molar-refractivity contribution in [2.75, 3.05) is 11.1 Å². The largest absolute Gasteiger partial charge is 0.384 e. The molecule has 4 aromatic heterocycles.